The average molecular weight is 780 g/mol. The number of rotatable bonds is 6. The van der Waals surface area contributed by atoms with Crippen LogP contribution in [0.25, 0.3) is 0 Å². The normalized spacial score (nSPS) is 22.1. The maximum absolute atomic E-state index is 12.7. The van der Waals surface area contributed by atoms with Crippen LogP contribution in [-0.4, -0.2) is 148 Å². The van der Waals surface area contributed by atoms with Crippen LogP contribution in [0.4, 0.5) is 9.59 Å². The first kappa shape index (κ1) is 45.8. The fourth-order valence-corrected chi connectivity index (χ4v) is 5.04. The molecule has 0 aliphatic carbocycles. The molecule has 292 valence electrons. The van der Waals surface area contributed by atoms with E-state index in [2.05, 4.69) is 31.9 Å². The van der Waals surface area contributed by atoms with E-state index >= 15 is 0 Å². The van der Waals surface area contributed by atoms with E-state index in [1.54, 1.807) is 9.80 Å². The van der Waals surface area contributed by atoms with Crippen molar-refractivity contribution in [2.24, 2.45) is 0 Å². The summed E-state index contributed by atoms with van der Waals surface area (Å²) in [6.45, 7) is 28.5. The Balaban J connectivity index is 0.000000444. The highest BCUT2D eigenvalue weighted by Gasteiger charge is 2.37. The lowest BCUT2D eigenvalue weighted by molar-refractivity contribution is -0.131. The number of hydrogen-bond acceptors (Lipinski definition) is 10. The lowest BCUT2D eigenvalue weighted by Crippen LogP contribution is -2.63. The molecule has 0 radical (unpaired) electrons. The molecule has 4 N–H and O–H groups in total. The Bertz CT molecular complexity index is 1060. The number of carbonyl (C=O) groups excluding carboxylic acids is 4. The fourth-order valence-electron chi connectivity index (χ4n) is 4.66. The summed E-state index contributed by atoms with van der Waals surface area (Å²) in [6.07, 6.45) is -0.0859. The molecule has 0 bridgehead atoms. The van der Waals surface area contributed by atoms with Crippen LogP contribution in [0, 0.1) is 0 Å². The molecule has 4 atom stereocenters. The summed E-state index contributed by atoms with van der Waals surface area (Å²) in [5.74, 6) is -0.227. The van der Waals surface area contributed by atoms with E-state index in [1.165, 1.54) is 0 Å². The second kappa shape index (κ2) is 19.6. The van der Waals surface area contributed by atoms with E-state index in [1.807, 2.05) is 94.9 Å². The van der Waals surface area contributed by atoms with Crippen LogP contribution in [0.2, 0.25) is 0 Å². The summed E-state index contributed by atoms with van der Waals surface area (Å²) in [5, 5.41) is 20.0. The van der Waals surface area contributed by atoms with Crippen molar-refractivity contribution in [1.82, 2.24) is 30.7 Å². The van der Waals surface area contributed by atoms with Crippen LogP contribution in [0.15, 0.2) is 0 Å². The van der Waals surface area contributed by atoms with Crippen molar-refractivity contribution in [3.8, 4) is 0 Å². The molecule has 3 aliphatic rings. The van der Waals surface area contributed by atoms with Crippen molar-refractivity contribution < 1.29 is 38.5 Å². The van der Waals surface area contributed by atoms with Gasteiger partial charge in [0.1, 0.15) is 23.3 Å². The van der Waals surface area contributed by atoms with Gasteiger partial charge in [0.25, 0.3) is 0 Å². The zero-order valence-corrected chi connectivity index (χ0v) is 34.5. The van der Waals surface area contributed by atoms with Crippen molar-refractivity contribution in [2.45, 2.75) is 143 Å². The van der Waals surface area contributed by atoms with E-state index in [0.29, 0.717) is 51.8 Å². The van der Waals surface area contributed by atoms with Gasteiger partial charge in [-0.15, -0.1) is 0 Å². The molecule has 14 nitrogen and oxygen atoms in total. The Hall–Kier alpha value is -2.20. The largest absolute Gasteiger partial charge is 0.444 e. The molecule has 3 aliphatic heterocycles. The van der Waals surface area contributed by atoms with Gasteiger partial charge in [-0.05, 0) is 89.5 Å². The SMILES string of the molecule is BrCC1CO1.CC(C)(C)NC(=O)[C@@H]1CN(C(=O)OC(C)(C)C)CCN1.CCC(O)CN1CCN(C(=O)OC(C)(C)C)C[C@H]1C(=O)NC(C)(C)C. The summed E-state index contributed by atoms with van der Waals surface area (Å²) in [7, 11) is 0. The third kappa shape index (κ3) is 20.0. The number of amides is 4. The number of aliphatic hydroxyl groups is 1. The van der Waals surface area contributed by atoms with E-state index < -0.39 is 35.5 Å². The van der Waals surface area contributed by atoms with Gasteiger partial charge >= 0.3 is 12.2 Å². The summed E-state index contributed by atoms with van der Waals surface area (Å²) < 4.78 is 15.6. The van der Waals surface area contributed by atoms with Gasteiger partial charge in [0.2, 0.25) is 11.8 Å². The first-order chi connectivity index (χ1) is 22.7. The third-order valence-corrected chi connectivity index (χ3v) is 7.80. The Morgan fingerprint density at radius 1 is 0.820 bits per heavy atom. The molecule has 0 aromatic carbocycles. The molecular weight excluding hydrogens is 712 g/mol. The number of aliphatic hydroxyl groups excluding tert-OH is 1. The van der Waals surface area contributed by atoms with Crippen molar-refractivity contribution >= 4 is 39.9 Å². The number of halogens is 1. The first-order valence-electron chi connectivity index (χ1n) is 17.7. The molecule has 3 fully saturated rings. The number of piperazine rings is 2. The lowest BCUT2D eigenvalue weighted by Gasteiger charge is -2.42. The summed E-state index contributed by atoms with van der Waals surface area (Å²) in [4.78, 5) is 54.3. The van der Waals surface area contributed by atoms with Crippen molar-refractivity contribution in [3.05, 3.63) is 0 Å². The van der Waals surface area contributed by atoms with Gasteiger partial charge in [0.15, 0.2) is 0 Å². The molecule has 0 saturated carbocycles. The standard InChI is InChI=1S/C18H35N3O4.C14H27N3O3.C3H5BrO/c1-8-13(22)11-20-9-10-21(16(24)25-18(5,6)7)12-14(20)15(23)19-17(2,3)4;1-13(2,3)16-11(18)10-9-17(8-7-15-10)12(19)20-14(4,5)6;4-1-3-2-5-3/h13-14,22H,8-12H2,1-7H3,(H,19,23);10,15H,7-9H2,1-6H3,(H,16,18);3H,1-2H2/t13?,14-;10-;/m00./s1. The van der Waals surface area contributed by atoms with E-state index in [4.69, 9.17) is 14.2 Å². The topological polar surface area (TPSA) is 165 Å². The van der Waals surface area contributed by atoms with Crippen LogP contribution in [0.3, 0.4) is 0 Å². The number of nitrogens with zero attached hydrogens (tertiary/aromatic N) is 3. The van der Waals surface area contributed by atoms with Crippen LogP contribution < -0.4 is 16.0 Å². The maximum Gasteiger partial charge on any atom is 0.410 e. The number of β-amino-alcohol motifs (C(OH)–C–C–N with tert-alkyl or cyclic N) is 1. The average Bonchev–Trinajstić information content (AvgIpc) is 3.79. The van der Waals surface area contributed by atoms with Crippen LogP contribution in [-0.2, 0) is 23.8 Å². The van der Waals surface area contributed by atoms with Gasteiger partial charge in [0, 0.05) is 62.2 Å². The zero-order valence-electron chi connectivity index (χ0n) is 32.9. The Morgan fingerprint density at radius 2 is 1.30 bits per heavy atom. The fraction of sp³-hybridized carbons (Fsp3) is 0.886. The minimum Gasteiger partial charge on any atom is -0.444 e. The monoisotopic (exact) mass is 778 g/mol. The van der Waals surface area contributed by atoms with Crippen molar-refractivity contribution in [1.29, 1.82) is 0 Å². The minimum absolute atomic E-state index is 0.0919. The van der Waals surface area contributed by atoms with Crippen LogP contribution in [0.1, 0.15) is 96.4 Å². The number of ether oxygens (including phenoxy) is 3. The maximum atomic E-state index is 12.7. The molecule has 0 aromatic rings. The molecule has 3 saturated heterocycles. The Morgan fingerprint density at radius 3 is 1.70 bits per heavy atom. The molecule has 0 spiro atoms. The van der Waals surface area contributed by atoms with Crippen molar-refractivity contribution in [3.63, 3.8) is 0 Å². The predicted octanol–water partition coefficient (Wildman–Crippen LogP) is 3.48. The molecule has 15 heteroatoms. The van der Waals surface area contributed by atoms with E-state index in [-0.39, 0.29) is 35.5 Å². The number of hydrogen-bond donors (Lipinski definition) is 4. The lowest BCUT2D eigenvalue weighted by atomic mass is 10.1. The number of epoxide rings is 1. The smallest absolute Gasteiger partial charge is 0.410 e. The summed E-state index contributed by atoms with van der Waals surface area (Å²) in [5.41, 5.74) is -1.74. The Labute approximate surface area is 309 Å². The summed E-state index contributed by atoms with van der Waals surface area (Å²) in [6, 6.07) is -0.891. The van der Waals surface area contributed by atoms with Gasteiger partial charge in [0.05, 0.1) is 18.8 Å². The van der Waals surface area contributed by atoms with Gasteiger partial charge in [-0.1, -0.05) is 22.9 Å². The summed E-state index contributed by atoms with van der Waals surface area (Å²) >= 11 is 3.25. The second-order valence-electron chi connectivity index (χ2n) is 17.0. The van der Waals surface area contributed by atoms with Gasteiger partial charge in [-0.3, -0.25) is 14.5 Å². The molecule has 3 rings (SSSR count). The highest BCUT2D eigenvalue weighted by molar-refractivity contribution is 9.09. The zero-order chi connectivity index (χ0) is 38.7. The minimum atomic E-state index is -0.574. The van der Waals surface area contributed by atoms with Crippen LogP contribution in [0.5, 0.6) is 0 Å². The molecule has 3 heterocycles. The third-order valence-electron chi connectivity index (χ3n) is 7.08. The van der Waals surface area contributed by atoms with Crippen LogP contribution >= 0.6 is 15.9 Å². The van der Waals surface area contributed by atoms with Gasteiger partial charge in [-0.25, -0.2) is 9.59 Å². The Kier molecular flexibility index (Phi) is 17.9. The van der Waals surface area contributed by atoms with E-state index in [0.717, 1.165) is 11.9 Å². The number of nitrogens with one attached hydrogen (secondary N) is 3. The first-order valence-corrected chi connectivity index (χ1v) is 18.8. The second-order valence-corrected chi connectivity index (χ2v) is 17.7. The van der Waals surface area contributed by atoms with E-state index in [9.17, 15) is 24.3 Å². The van der Waals surface area contributed by atoms with Gasteiger partial charge < -0.3 is 45.1 Å². The molecule has 4 amide bonds. The highest BCUT2D eigenvalue weighted by atomic mass is 79.9. The molecule has 50 heavy (non-hydrogen) atoms. The quantitative estimate of drug-likeness (QED) is 0.232. The number of alkyl halides is 1. The molecule has 0 aromatic heterocycles. The highest BCUT2D eigenvalue weighted by Crippen LogP contribution is 2.17. The van der Waals surface area contributed by atoms with Gasteiger partial charge in [-0.2, -0.15) is 0 Å². The molecule has 2 unspecified atom stereocenters. The number of carbonyl (C=O) groups is 4. The predicted molar refractivity (Wildman–Crippen MR) is 198 cm³/mol. The molecular formula is C35H67BrN6O8. The van der Waals surface area contributed by atoms with Crippen molar-refractivity contribution in [2.75, 3.05) is 57.8 Å².